The number of nitrogens with one attached hydrogen (secondary N) is 1. The van der Waals surface area contributed by atoms with E-state index in [1.54, 1.807) is 0 Å². The van der Waals surface area contributed by atoms with Crippen molar-refractivity contribution in [2.75, 3.05) is 11.9 Å². The zero-order valence-corrected chi connectivity index (χ0v) is 13.6. The summed E-state index contributed by atoms with van der Waals surface area (Å²) in [5, 5.41) is 12.3. The summed E-state index contributed by atoms with van der Waals surface area (Å²) >= 11 is 5.69. The second-order valence-electron chi connectivity index (χ2n) is 6.56. The maximum absolute atomic E-state index is 13.7. The minimum absolute atomic E-state index is 0.0285. The van der Waals surface area contributed by atoms with Gasteiger partial charge in [0.2, 0.25) is 5.28 Å². The summed E-state index contributed by atoms with van der Waals surface area (Å²) in [6.07, 6.45) is 1.26. The van der Waals surface area contributed by atoms with E-state index in [-0.39, 0.29) is 28.6 Å². The summed E-state index contributed by atoms with van der Waals surface area (Å²) in [6.45, 7) is 6.39. The van der Waals surface area contributed by atoms with E-state index < -0.39 is 11.9 Å². The Bertz CT molecular complexity index is 564. The zero-order chi connectivity index (χ0) is 16.5. The standard InChI is InChI=1S/C14H20ClFN4O2/c1-14(2,3)10-6-8(4-5-20(10)13(21)22)18-11-9(16)7-17-12(15)19-11/h7-8,10H,4-6H2,1-3H3,(H,21,22)(H,17,18,19). The number of amides is 1. The van der Waals surface area contributed by atoms with Crippen LogP contribution in [0.2, 0.25) is 5.28 Å². The van der Waals surface area contributed by atoms with Gasteiger partial charge in [-0.2, -0.15) is 4.98 Å². The van der Waals surface area contributed by atoms with Gasteiger partial charge < -0.3 is 15.3 Å². The molecule has 8 heteroatoms. The first-order chi connectivity index (χ1) is 10.2. The molecule has 1 aromatic heterocycles. The van der Waals surface area contributed by atoms with Crippen molar-refractivity contribution in [2.45, 2.75) is 45.7 Å². The van der Waals surface area contributed by atoms with E-state index in [1.165, 1.54) is 4.90 Å². The summed E-state index contributed by atoms with van der Waals surface area (Å²) in [5.74, 6) is -0.515. The Morgan fingerprint density at radius 3 is 2.82 bits per heavy atom. The predicted octanol–water partition coefficient (Wildman–Crippen LogP) is 3.24. The molecule has 1 aliphatic heterocycles. The van der Waals surface area contributed by atoms with Gasteiger partial charge in [-0.15, -0.1) is 0 Å². The normalized spacial score (nSPS) is 22.5. The third kappa shape index (κ3) is 3.76. The van der Waals surface area contributed by atoms with Gasteiger partial charge in [0.25, 0.3) is 0 Å². The van der Waals surface area contributed by atoms with Gasteiger partial charge in [0.1, 0.15) is 0 Å². The highest BCUT2D eigenvalue weighted by Gasteiger charge is 2.38. The van der Waals surface area contributed by atoms with Crippen molar-refractivity contribution in [3.63, 3.8) is 0 Å². The molecule has 0 saturated carbocycles. The van der Waals surface area contributed by atoms with Gasteiger partial charge in [-0.05, 0) is 29.9 Å². The van der Waals surface area contributed by atoms with Crippen LogP contribution in [0.15, 0.2) is 6.20 Å². The lowest BCUT2D eigenvalue weighted by molar-refractivity contribution is 0.0557. The van der Waals surface area contributed by atoms with Crippen LogP contribution in [-0.2, 0) is 0 Å². The maximum Gasteiger partial charge on any atom is 0.407 e. The Kier molecular flexibility index (Phi) is 4.75. The number of carboxylic acid groups (broad SMARTS) is 1. The van der Waals surface area contributed by atoms with Crippen LogP contribution >= 0.6 is 11.6 Å². The van der Waals surface area contributed by atoms with Crippen molar-refractivity contribution in [3.8, 4) is 0 Å². The Hall–Kier alpha value is -1.63. The van der Waals surface area contributed by atoms with E-state index >= 15 is 0 Å². The monoisotopic (exact) mass is 330 g/mol. The van der Waals surface area contributed by atoms with E-state index in [4.69, 9.17) is 11.6 Å². The van der Waals surface area contributed by atoms with E-state index in [0.717, 1.165) is 6.20 Å². The number of rotatable bonds is 2. The van der Waals surface area contributed by atoms with Gasteiger partial charge in [-0.25, -0.2) is 14.2 Å². The molecule has 1 aliphatic rings. The van der Waals surface area contributed by atoms with Crippen LogP contribution in [0.1, 0.15) is 33.6 Å². The number of halogens is 2. The Morgan fingerprint density at radius 2 is 2.23 bits per heavy atom. The minimum atomic E-state index is -0.922. The molecule has 22 heavy (non-hydrogen) atoms. The van der Waals surface area contributed by atoms with E-state index in [9.17, 15) is 14.3 Å². The average molecular weight is 331 g/mol. The molecule has 2 heterocycles. The molecule has 2 atom stereocenters. The summed E-state index contributed by atoms with van der Waals surface area (Å²) in [7, 11) is 0. The fraction of sp³-hybridized carbons (Fsp3) is 0.643. The van der Waals surface area contributed by atoms with Gasteiger partial charge in [-0.3, -0.25) is 0 Å². The molecule has 0 radical (unpaired) electrons. The topological polar surface area (TPSA) is 78.4 Å². The number of likely N-dealkylation sites (tertiary alicyclic amines) is 1. The predicted molar refractivity (Wildman–Crippen MR) is 81.6 cm³/mol. The Balaban J connectivity index is 2.14. The molecule has 1 saturated heterocycles. The summed E-state index contributed by atoms with van der Waals surface area (Å²) in [6, 6.07) is -0.225. The number of piperidine rings is 1. The molecule has 2 N–H and O–H groups in total. The molecular weight excluding hydrogens is 311 g/mol. The van der Waals surface area contributed by atoms with Gasteiger partial charge in [-0.1, -0.05) is 20.8 Å². The average Bonchev–Trinajstić information content (AvgIpc) is 2.41. The third-order valence-corrected chi connectivity index (χ3v) is 4.09. The molecule has 2 unspecified atom stereocenters. The molecule has 0 spiro atoms. The van der Waals surface area contributed by atoms with Crippen molar-refractivity contribution in [1.29, 1.82) is 0 Å². The van der Waals surface area contributed by atoms with Crippen LogP contribution in [0.5, 0.6) is 0 Å². The number of hydrogen-bond acceptors (Lipinski definition) is 4. The van der Waals surface area contributed by atoms with Crippen molar-refractivity contribution in [3.05, 3.63) is 17.3 Å². The summed E-state index contributed by atoms with van der Waals surface area (Å²) < 4.78 is 13.7. The highest BCUT2D eigenvalue weighted by Crippen LogP contribution is 2.33. The van der Waals surface area contributed by atoms with Crippen molar-refractivity contribution in [2.24, 2.45) is 5.41 Å². The molecule has 122 valence electrons. The van der Waals surface area contributed by atoms with Gasteiger partial charge in [0, 0.05) is 18.6 Å². The second kappa shape index (κ2) is 6.24. The lowest BCUT2D eigenvalue weighted by atomic mass is 9.79. The Morgan fingerprint density at radius 1 is 1.55 bits per heavy atom. The van der Waals surface area contributed by atoms with Crippen molar-refractivity contribution in [1.82, 2.24) is 14.9 Å². The molecule has 1 amide bonds. The highest BCUT2D eigenvalue weighted by molar-refractivity contribution is 6.28. The minimum Gasteiger partial charge on any atom is -0.465 e. The first kappa shape index (κ1) is 16.7. The smallest absolute Gasteiger partial charge is 0.407 e. The van der Waals surface area contributed by atoms with E-state index in [1.807, 2.05) is 20.8 Å². The fourth-order valence-corrected chi connectivity index (χ4v) is 2.92. The van der Waals surface area contributed by atoms with Crippen LogP contribution in [0.25, 0.3) is 0 Å². The number of carbonyl (C=O) groups is 1. The number of anilines is 1. The maximum atomic E-state index is 13.7. The third-order valence-electron chi connectivity index (χ3n) is 3.90. The lowest BCUT2D eigenvalue weighted by Crippen LogP contribution is -2.54. The van der Waals surface area contributed by atoms with Crippen LogP contribution in [-0.4, -0.2) is 44.7 Å². The van der Waals surface area contributed by atoms with Crippen LogP contribution in [0, 0.1) is 11.2 Å². The number of hydrogen-bond donors (Lipinski definition) is 2. The molecule has 1 aromatic rings. The van der Waals surface area contributed by atoms with Gasteiger partial charge in [0.15, 0.2) is 11.6 Å². The van der Waals surface area contributed by atoms with Gasteiger partial charge in [0.05, 0.1) is 6.20 Å². The highest BCUT2D eigenvalue weighted by atomic mass is 35.5. The number of aromatic nitrogens is 2. The van der Waals surface area contributed by atoms with Crippen LogP contribution in [0.4, 0.5) is 15.0 Å². The zero-order valence-electron chi connectivity index (χ0n) is 12.8. The molecule has 0 aromatic carbocycles. The largest absolute Gasteiger partial charge is 0.465 e. The SMILES string of the molecule is CC(C)(C)C1CC(Nc2nc(Cl)ncc2F)CCN1C(=O)O. The van der Waals surface area contributed by atoms with E-state index in [2.05, 4.69) is 15.3 Å². The second-order valence-corrected chi connectivity index (χ2v) is 6.90. The molecule has 2 rings (SSSR count). The first-order valence-corrected chi connectivity index (χ1v) is 7.50. The van der Waals surface area contributed by atoms with Crippen molar-refractivity contribution < 1.29 is 14.3 Å². The number of nitrogens with zero attached hydrogens (tertiary/aromatic N) is 3. The lowest BCUT2D eigenvalue weighted by Gasteiger charge is -2.44. The molecular formula is C14H20ClFN4O2. The summed E-state index contributed by atoms with van der Waals surface area (Å²) in [4.78, 5) is 20.3. The molecule has 1 fully saturated rings. The molecule has 6 nitrogen and oxygen atoms in total. The van der Waals surface area contributed by atoms with Crippen molar-refractivity contribution >= 4 is 23.5 Å². The van der Waals surface area contributed by atoms with Crippen LogP contribution in [0.3, 0.4) is 0 Å². The quantitative estimate of drug-likeness (QED) is 0.814. The summed E-state index contributed by atoms with van der Waals surface area (Å²) in [5.41, 5.74) is -0.208. The molecule has 0 bridgehead atoms. The van der Waals surface area contributed by atoms with E-state index in [0.29, 0.717) is 19.4 Å². The molecule has 0 aliphatic carbocycles. The van der Waals surface area contributed by atoms with Crippen LogP contribution < -0.4 is 5.32 Å². The Labute approximate surface area is 133 Å². The van der Waals surface area contributed by atoms with Gasteiger partial charge >= 0.3 is 6.09 Å². The first-order valence-electron chi connectivity index (χ1n) is 7.12. The fourth-order valence-electron chi connectivity index (χ4n) is 2.79.